The minimum Gasteiger partial charge on any atom is -0.480 e. The van der Waals surface area contributed by atoms with Gasteiger partial charge in [0.15, 0.2) is 0 Å². The zero-order valence-corrected chi connectivity index (χ0v) is 11.2. The van der Waals surface area contributed by atoms with Gasteiger partial charge < -0.3 is 10.4 Å². The fraction of sp³-hybridized carbons (Fsp3) is 0.500. The third-order valence-corrected chi connectivity index (χ3v) is 3.87. The van der Waals surface area contributed by atoms with Gasteiger partial charge in [0.05, 0.1) is 0 Å². The predicted octanol–water partition coefficient (Wildman–Crippen LogP) is 3.79. The molecule has 1 fully saturated rings. The summed E-state index contributed by atoms with van der Waals surface area (Å²) in [6.45, 7) is 1.74. The Labute approximate surface area is 112 Å². The van der Waals surface area contributed by atoms with Crippen LogP contribution in [0.1, 0.15) is 32.6 Å². The average molecular weight is 268 g/mol. The average Bonchev–Trinajstić information content (AvgIpc) is 2.23. The Morgan fingerprint density at radius 3 is 2.78 bits per heavy atom. The molecule has 1 saturated carbocycles. The lowest BCUT2D eigenvalue weighted by Crippen LogP contribution is -2.45. The molecule has 0 saturated heterocycles. The molecule has 98 valence electrons. The van der Waals surface area contributed by atoms with Crippen molar-refractivity contribution in [2.45, 2.75) is 38.1 Å². The standard InChI is InChI=1S/C14H18ClNO2/c1-14(13(17)18,9-10-4-2-5-10)16-12-7-3-6-11(15)8-12/h3,6-8,10,16H,2,4-5,9H2,1H3,(H,17,18). The van der Waals surface area contributed by atoms with Crippen LogP contribution in [0.15, 0.2) is 24.3 Å². The van der Waals surface area contributed by atoms with Crippen molar-refractivity contribution < 1.29 is 9.90 Å². The summed E-state index contributed by atoms with van der Waals surface area (Å²) in [5, 5.41) is 13.2. The number of carboxylic acids is 1. The Morgan fingerprint density at radius 1 is 1.56 bits per heavy atom. The Kier molecular flexibility index (Phi) is 3.81. The molecule has 3 nitrogen and oxygen atoms in total. The van der Waals surface area contributed by atoms with Crippen LogP contribution in [0, 0.1) is 5.92 Å². The smallest absolute Gasteiger partial charge is 0.329 e. The van der Waals surface area contributed by atoms with Crippen LogP contribution in [-0.4, -0.2) is 16.6 Å². The number of carboxylic acid groups (broad SMARTS) is 1. The fourth-order valence-corrected chi connectivity index (χ4v) is 2.54. The van der Waals surface area contributed by atoms with Gasteiger partial charge in [0.25, 0.3) is 0 Å². The highest BCUT2D eigenvalue weighted by Gasteiger charge is 2.37. The normalized spacial score (nSPS) is 18.8. The minimum atomic E-state index is -0.921. The number of benzene rings is 1. The largest absolute Gasteiger partial charge is 0.480 e. The quantitative estimate of drug-likeness (QED) is 0.853. The van der Waals surface area contributed by atoms with E-state index in [1.807, 2.05) is 12.1 Å². The highest BCUT2D eigenvalue weighted by atomic mass is 35.5. The molecule has 0 heterocycles. The van der Waals surface area contributed by atoms with Gasteiger partial charge in [-0.25, -0.2) is 4.79 Å². The lowest BCUT2D eigenvalue weighted by molar-refractivity contribution is -0.142. The number of carbonyl (C=O) groups is 1. The number of hydrogen-bond donors (Lipinski definition) is 2. The van der Waals surface area contributed by atoms with Crippen molar-refractivity contribution in [2.75, 3.05) is 5.32 Å². The summed E-state index contributed by atoms with van der Waals surface area (Å²) in [5.74, 6) is -0.285. The van der Waals surface area contributed by atoms with Gasteiger partial charge in [0, 0.05) is 10.7 Å². The van der Waals surface area contributed by atoms with E-state index in [1.165, 1.54) is 6.42 Å². The van der Waals surface area contributed by atoms with Crippen LogP contribution in [0.2, 0.25) is 5.02 Å². The summed E-state index contributed by atoms with van der Waals surface area (Å²) < 4.78 is 0. The molecule has 2 N–H and O–H groups in total. The number of hydrogen-bond acceptors (Lipinski definition) is 2. The van der Waals surface area contributed by atoms with Crippen LogP contribution < -0.4 is 5.32 Å². The van der Waals surface area contributed by atoms with Crippen molar-refractivity contribution >= 4 is 23.3 Å². The summed E-state index contributed by atoms with van der Waals surface area (Å²) in [6.07, 6.45) is 4.16. The van der Waals surface area contributed by atoms with E-state index in [0.29, 0.717) is 17.4 Å². The molecule has 2 rings (SSSR count). The molecule has 0 bridgehead atoms. The third-order valence-electron chi connectivity index (χ3n) is 3.64. The fourth-order valence-electron chi connectivity index (χ4n) is 2.35. The second-order valence-corrected chi connectivity index (χ2v) is 5.71. The van der Waals surface area contributed by atoms with E-state index in [0.717, 1.165) is 18.5 Å². The molecule has 1 unspecified atom stereocenters. The van der Waals surface area contributed by atoms with Crippen LogP contribution >= 0.6 is 11.6 Å². The van der Waals surface area contributed by atoms with E-state index in [9.17, 15) is 9.90 Å². The SMILES string of the molecule is CC(CC1CCC1)(Nc1cccc(Cl)c1)C(=O)O. The van der Waals surface area contributed by atoms with E-state index >= 15 is 0 Å². The first-order chi connectivity index (χ1) is 8.49. The molecule has 18 heavy (non-hydrogen) atoms. The second kappa shape index (κ2) is 5.19. The Morgan fingerprint density at radius 2 is 2.28 bits per heavy atom. The van der Waals surface area contributed by atoms with Gasteiger partial charge in [-0.2, -0.15) is 0 Å². The first kappa shape index (κ1) is 13.2. The van der Waals surface area contributed by atoms with Gasteiger partial charge >= 0.3 is 5.97 Å². The molecule has 0 aromatic heterocycles. The van der Waals surface area contributed by atoms with Gasteiger partial charge in [0.2, 0.25) is 0 Å². The van der Waals surface area contributed by atoms with Crippen molar-refractivity contribution in [1.29, 1.82) is 0 Å². The summed E-state index contributed by atoms with van der Waals surface area (Å²) in [4.78, 5) is 11.5. The summed E-state index contributed by atoms with van der Waals surface area (Å²) >= 11 is 5.91. The van der Waals surface area contributed by atoms with Gasteiger partial charge in [-0.15, -0.1) is 0 Å². The Hall–Kier alpha value is -1.22. The molecule has 1 aliphatic carbocycles. The summed E-state index contributed by atoms with van der Waals surface area (Å²) in [7, 11) is 0. The molecule has 0 radical (unpaired) electrons. The van der Waals surface area contributed by atoms with Crippen molar-refractivity contribution in [1.82, 2.24) is 0 Å². The molecule has 0 aliphatic heterocycles. The Bertz CT molecular complexity index is 445. The lowest BCUT2D eigenvalue weighted by atomic mass is 9.76. The molecule has 1 aromatic rings. The van der Waals surface area contributed by atoms with Gasteiger partial charge in [-0.3, -0.25) is 0 Å². The molecule has 1 aromatic carbocycles. The number of rotatable bonds is 5. The minimum absolute atomic E-state index is 0.526. The van der Waals surface area contributed by atoms with E-state index in [-0.39, 0.29) is 0 Å². The van der Waals surface area contributed by atoms with Crippen molar-refractivity contribution in [2.24, 2.45) is 5.92 Å². The van der Waals surface area contributed by atoms with E-state index in [4.69, 9.17) is 11.6 Å². The van der Waals surface area contributed by atoms with E-state index in [2.05, 4.69) is 5.32 Å². The Balaban J connectivity index is 2.11. The monoisotopic (exact) mass is 267 g/mol. The molecule has 1 atom stereocenters. The van der Waals surface area contributed by atoms with Crippen LogP contribution in [0.25, 0.3) is 0 Å². The molecule has 4 heteroatoms. The highest BCUT2D eigenvalue weighted by Crippen LogP contribution is 2.35. The van der Waals surface area contributed by atoms with Gasteiger partial charge in [-0.05, 0) is 37.5 Å². The number of nitrogens with one attached hydrogen (secondary N) is 1. The number of halogens is 1. The maximum absolute atomic E-state index is 11.5. The number of aliphatic carboxylic acids is 1. The van der Waals surface area contributed by atoms with Crippen molar-refractivity contribution in [3.8, 4) is 0 Å². The second-order valence-electron chi connectivity index (χ2n) is 5.27. The predicted molar refractivity (Wildman–Crippen MR) is 73.1 cm³/mol. The number of anilines is 1. The first-order valence-corrected chi connectivity index (χ1v) is 6.64. The third kappa shape index (κ3) is 2.96. The lowest BCUT2D eigenvalue weighted by Gasteiger charge is -2.35. The first-order valence-electron chi connectivity index (χ1n) is 6.27. The molecule has 0 amide bonds. The highest BCUT2D eigenvalue weighted by molar-refractivity contribution is 6.30. The topological polar surface area (TPSA) is 49.3 Å². The van der Waals surface area contributed by atoms with Gasteiger partial charge in [-0.1, -0.05) is 36.9 Å². The van der Waals surface area contributed by atoms with E-state index in [1.54, 1.807) is 19.1 Å². The van der Waals surface area contributed by atoms with Crippen molar-refractivity contribution in [3.63, 3.8) is 0 Å². The molecular weight excluding hydrogens is 250 g/mol. The van der Waals surface area contributed by atoms with Crippen LogP contribution in [0.5, 0.6) is 0 Å². The maximum Gasteiger partial charge on any atom is 0.329 e. The van der Waals surface area contributed by atoms with Crippen LogP contribution in [-0.2, 0) is 4.79 Å². The van der Waals surface area contributed by atoms with Gasteiger partial charge in [0.1, 0.15) is 5.54 Å². The molecule has 1 aliphatic rings. The maximum atomic E-state index is 11.5. The van der Waals surface area contributed by atoms with E-state index < -0.39 is 11.5 Å². The molecule has 0 spiro atoms. The zero-order valence-electron chi connectivity index (χ0n) is 10.4. The summed E-state index contributed by atoms with van der Waals surface area (Å²) in [5.41, 5.74) is -0.165. The molecular formula is C14H18ClNO2. The van der Waals surface area contributed by atoms with Crippen LogP contribution in [0.4, 0.5) is 5.69 Å². The van der Waals surface area contributed by atoms with Crippen LogP contribution in [0.3, 0.4) is 0 Å². The van der Waals surface area contributed by atoms with Crippen molar-refractivity contribution in [3.05, 3.63) is 29.3 Å². The zero-order chi connectivity index (χ0) is 13.2. The summed E-state index contributed by atoms with van der Waals surface area (Å²) in [6, 6.07) is 7.18.